The zero-order valence-corrected chi connectivity index (χ0v) is 17.6. The maximum Gasteiger partial charge on any atom is 0.303 e. The topological polar surface area (TPSA) is 64.1 Å². The predicted molar refractivity (Wildman–Crippen MR) is 109 cm³/mol. The molecule has 1 N–H and O–H groups in total. The second kappa shape index (κ2) is 10.8. The Morgan fingerprint density at radius 1 is 1.22 bits per heavy atom. The summed E-state index contributed by atoms with van der Waals surface area (Å²) in [5.74, 6) is -0.152. The molecule has 1 aliphatic rings. The van der Waals surface area contributed by atoms with Gasteiger partial charge in [0, 0.05) is 37.5 Å². The number of amides is 1. The third-order valence-corrected chi connectivity index (χ3v) is 6.27. The minimum atomic E-state index is -0.732. The van der Waals surface area contributed by atoms with Crippen molar-refractivity contribution in [2.24, 2.45) is 11.8 Å². The average molecular weight is 396 g/mol. The van der Waals surface area contributed by atoms with Crippen molar-refractivity contribution in [2.75, 3.05) is 53.9 Å². The third kappa shape index (κ3) is 7.60. The van der Waals surface area contributed by atoms with Gasteiger partial charge in [-0.25, -0.2) is 0 Å². The van der Waals surface area contributed by atoms with Crippen LogP contribution in [0.25, 0.3) is 0 Å². The van der Waals surface area contributed by atoms with E-state index in [1.54, 1.807) is 11.3 Å². The van der Waals surface area contributed by atoms with Crippen LogP contribution < -0.4 is 0 Å². The summed E-state index contributed by atoms with van der Waals surface area (Å²) < 4.78 is 0. The quantitative estimate of drug-likeness (QED) is 0.657. The lowest BCUT2D eigenvalue weighted by molar-refractivity contribution is -0.139. The van der Waals surface area contributed by atoms with E-state index >= 15 is 0 Å². The number of piperidine rings is 1. The van der Waals surface area contributed by atoms with Crippen molar-refractivity contribution in [1.82, 2.24) is 14.7 Å². The molecule has 2 rings (SSSR count). The standard InChI is InChI=1S/C20H33N3O3S/c1-21(2)10-11-22(3)8-6-17-15-23(9-7-16(17)13-20(25)26)19(24)14-18-5-4-12-27-18/h4-5,12,16-17H,6-11,13-15H2,1-3H3,(H,25,26). The molecule has 1 aromatic heterocycles. The van der Waals surface area contributed by atoms with E-state index in [4.69, 9.17) is 0 Å². The smallest absolute Gasteiger partial charge is 0.303 e. The van der Waals surface area contributed by atoms with Gasteiger partial charge >= 0.3 is 5.97 Å². The zero-order valence-electron chi connectivity index (χ0n) is 16.8. The molecule has 2 atom stereocenters. The fraction of sp³-hybridized carbons (Fsp3) is 0.700. The highest BCUT2D eigenvalue weighted by Gasteiger charge is 2.32. The lowest BCUT2D eigenvalue weighted by Gasteiger charge is -2.39. The molecule has 0 bridgehead atoms. The van der Waals surface area contributed by atoms with Crippen LogP contribution >= 0.6 is 11.3 Å². The van der Waals surface area contributed by atoms with Crippen molar-refractivity contribution in [1.29, 1.82) is 0 Å². The first kappa shape index (κ1) is 21.9. The van der Waals surface area contributed by atoms with Crippen molar-refractivity contribution < 1.29 is 14.7 Å². The molecule has 27 heavy (non-hydrogen) atoms. The number of thiophene rings is 1. The van der Waals surface area contributed by atoms with Gasteiger partial charge in [-0.1, -0.05) is 6.07 Å². The van der Waals surface area contributed by atoms with Crippen molar-refractivity contribution in [2.45, 2.75) is 25.7 Å². The summed E-state index contributed by atoms with van der Waals surface area (Å²) in [6.45, 7) is 4.29. The molecule has 0 radical (unpaired) electrons. The van der Waals surface area contributed by atoms with Gasteiger partial charge < -0.3 is 19.8 Å². The average Bonchev–Trinajstić information content (AvgIpc) is 3.11. The Balaban J connectivity index is 1.91. The Hall–Kier alpha value is -1.44. The second-order valence-corrected chi connectivity index (χ2v) is 8.93. The molecular formula is C20H33N3O3S. The minimum absolute atomic E-state index is 0.163. The highest BCUT2D eigenvalue weighted by Crippen LogP contribution is 2.30. The Morgan fingerprint density at radius 3 is 2.63 bits per heavy atom. The molecule has 152 valence electrons. The number of likely N-dealkylation sites (N-methyl/N-ethyl adjacent to an activating group) is 2. The van der Waals surface area contributed by atoms with Gasteiger partial charge in [-0.05, 0) is 63.8 Å². The SMILES string of the molecule is CN(C)CCN(C)CCC1CN(C(=O)Cc2cccs2)CCC1CC(=O)O. The number of carbonyl (C=O) groups excluding carboxylic acids is 1. The van der Waals surface area contributed by atoms with Crippen LogP contribution in [-0.4, -0.2) is 85.5 Å². The van der Waals surface area contributed by atoms with Gasteiger partial charge in [0.25, 0.3) is 0 Å². The molecule has 2 heterocycles. The first-order valence-corrected chi connectivity index (χ1v) is 10.6. The Bertz CT molecular complexity index is 591. The van der Waals surface area contributed by atoms with Gasteiger partial charge in [0.15, 0.2) is 0 Å². The lowest BCUT2D eigenvalue weighted by atomic mass is 9.81. The monoisotopic (exact) mass is 395 g/mol. The molecule has 1 aromatic rings. The molecule has 1 fully saturated rings. The summed E-state index contributed by atoms with van der Waals surface area (Å²) >= 11 is 1.61. The van der Waals surface area contributed by atoms with Crippen molar-refractivity contribution >= 4 is 23.2 Å². The molecular weight excluding hydrogens is 362 g/mol. The number of carbonyl (C=O) groups is 2. The van der Waals surface area contributed by atoms with Crippen LogP contribution in [0.1, 0.15) is 24.1 Å². The maximum absolute atomic E-state index is 12.7. The summed E-state index contributed by atoms with van der Waals surface area (Å²) in [5.41, 5.74) is 0. The number of hydrogen-bond donors (Lipinski definition) is 1. The molecule has 0 spiro atoms. The first-order chi connectivity index (χ1) is 12.8. The number of hydrogen-bond acceptors (Lipinski definition) is 5. The molecule has 6 nitrogen and oxygen atoms in total. The fourth-order valence-corrected chi connectivity index (χ4v) is 4.37. The van der Waals surface area contributed by atoms with E-state index in [1.807, 2.05) is 22.4 Å². The highest BCUT2D eigenvalue weighted by atomic mass is 32.1. The van der Waals surface area contributed by atoms with E-state index in [1.165, 1.54) is 0 Å². The van der Waals surface area contributed by atoms with Crippen LogP contribution in [0.3, 0.4) is 0 Å². The Labute approximate surface area is 166 Å². The normalized spacial score (nSPS) is 20.4. The largest absolute Gasteiger partial charge is 0.481 e. The van der Waals surface area contributed by atoms with Crippen LogP contribution in [0.15, 0.2) is 17.5 Å². The summed E-state index contributed by atoms with van der Waals surface area (Å²) in [6.07, 6.45) is 2.38. The predicted octanol–water partition coefficient (Wildman–Crippen LogP) is 2.11. The fourth-order valence-electron chi connectivity index (χ4n) is 3.67. The molecule has 1 amide bonds. The van der Waals surface area contributed by atoms with Crippen molar-refractivity contribution in [3.63, 3.8) is 0 Å². The van der Waals surface area contributed by atoms with E-state index in [-0.39, 0.29) is 24.2 Å². The third-order valence-electron chi connectivity index (χ3n) is 5.40. The summed E-state index contributed by atoms with van der Waals surface area (Å²) in [6, 6.07) is 3.97. The van der Waals surface area contributed by atoms with E-state index in [2.05, 4.69) is 30.9 Å². The van der Waals surface area contributed by atoms with E-state index in [0.29, 0.717) is 19.5 Å². The van der Waals surface area contributed by atoms with E-state index < -0.39 is 5.97 Å². The van der Waals surface area contributed by atoms with Gasteiger partial charge in [-0.15, -0.1) is 11.3 Å². The highest BCUT2D eigenvalue weighted by molar-refractivity contribution is 7.10. The van der Waals surface area contributed by atoms with Crippen LogP contribution in [0.4, 0.5) is 0 Å². The zero-order chi connectivity index (χ0) is 19.8. The van der Waals surface area contributed by atoms with Gasteiger partial charge in [-0.2, -0.15) is 0 Å². The maximum atomic E-state index is 12.7. The van der Waals surface area contributed by atoms with Gasteiger partial charge in [0.05, 0.1) is 6.42 Å². The molecule has 1 saturated heterocycles. The van der Waals surface area contributed by atoms with Crippen LogP contribution in [0.5, 0.6) is 0 Å². The summed E-state index contributed by atoms with van der Waals surface area (Å²) in [4.78, 5) is 31.4. The lowest BCUT2D eigenvalue weighted by Crippen LogP contribution is -2.45. The number of rotatable bonds is 10. The van der Waals surface area contributed by atoms with Crippen LogP contribution in [0.2, 0.25) is 0 Å². The number of aliphatic carboxylic acids is 1. The number of carboxylic acid groups (broad SMARTS) is 1. The molecule has 0 saturated carbocycles. The molecule has 1 aliphatic heterocycles. The number of nitrogens with zero attached hydrogens (tertiary/aromatic N) is 3. The minimum Gasteiger partial charge on any atom is -0.481 e. The van der Waals surface area contributed by atoms with Gasteiger partial charge in [0.2, 0.25) is 5.91 Å². The van der Waals surface area contributed by atoms with Crippen LogP contribution in [0, 0.1) is 11.8 Å². The van der Waals surface area contributed by atoms with Crippen molar-refractivity contribution in [3.05, 3.63) is 22.4 Å². The Morgan fingerprint density at radius 2 is 2.00 bits per heavy atom. The van der Waals surface area contributed by atoms with Crippen molar-refractivity contribution in [3.8, 4) is 0 Å². The summed E-state index contributed by atoms with van der Waals surface area (Å²) in [7, 11) is 6.24. The van der Waals surface area contributed by atoms with Crippen LogP contribution in [-0.2, 0) is 16.0 Å². The molecule has 0 aliphatic carbocycles. The van der Waals surface area contributed by atoms with Gasteiger partial charge in [0.1, 0.15) is 0 Å². The second-order valence-electron chi connectivity index (χ2n) is 7.90. The number of carboxylic acids is 1. The van der Waals surface area contributed by atoms with Gasteiger partial charge in [-0.3, -0.25) is 9.59 Å². The molecule has 0 aromatic carbocycles. The summed E-state index contributed by atoms with van der Waals surface area (Å²) in [5, 5.41) is 11.3. The first-order valence-electron chi connectivity index (χ1n) is 9.70. The number of likely N-dealkylation sites (tertiary alicyclic amines) is 1. The van der Waals surface area contributed by atoms with E-state index in [0.717, 1.165) is 37.4 Å². The molecule has 2 unspecified atom stereocenters. The van der Waals surface area contributed by atoms with E-state index in [9.17, 15) is 14.7 Å². The molecule has 7 heteroatoms. The Kier molecular flexibility index (Phi) is 8.73.